The SMILES string of the molecule is CCc1ccccc1NC(=O)CN(C)C(=O)Cn1c(C(F)(F)F)nc2ccccc21. The van der Waals surface area contributed by atoms with Gasteiger partial charge < -0.3 is 14.8 Å². The van der Waals surface area contributed by atoms with Gasteiger partial charge in [-0.1, -0.05) is 37.3 Å². The van der Waals surface area contributed by atoms with Gasteiger partial charge in [0.2, 0.25) is 17.6 Å². The number of para-hydroxylation sites is 3. The summed E-state index contributed by atoms with van der Waals surface area (Å²) in [5.74, 6) is -2.22. The number of halogens is 3. The fourth-order valence-electron chi connectivity index (χ4n) is 3.15. The Morgan fingerprint density at radius 3 is 2.47 bits per heavy atom. The minimum Gasteiger partial charge on any atom is -0.335 e. The Morgan fingerprint density at radius 1 is 1.10 bits per heavy atom. The first-order chi connectivity index (χ1) is 14.2. The summed E-state index contributed by atoms with van der Waals surface area (Å²) in [6, 6.07) is 13.4. The standard InChI is InChI=1S/C21H21F3N4O2/c1-3-14-8-4-5-9-15(14)25-18(29)12-27(2)19(30)13-28-17-11-7-6-10-16(17)26-20(28)21(22,23)24/h4-11H,3,12-13H2,1-2H3,(H,25,29). The summed E-state index contributed by atoms with van der Waals surface area (Å²) in [7, 11) is 1.38. The molecule has 0 saturated carbocycles. The van der Waals surface area contributed by atoms with E-state index >= 15 is 0 Å². The monoisotopic (exact) mass is 418 g/mol. The van der Waals surface area contributed by atoms with Gasteiger partial charge in [-0.05, 0) is 30.2 Å². The zero-order chi connectivity index (χ0) is 21.9. The molecular weight excluding hydrogens is 397 g/mol. The quantitative estimate of drug-likeness (QED) is 0.664. The number of aromatic nitrogens is 2. The van der Waals surface area contributed by atoms with E-state index in [0.29, 0.717) is 5.69 Å². The second kappa shape index (κ2) is 8.56. The number of carbonyl (C=O) groups excluding carboxylic acids is 2. The number of hydrogen-bond donors (Lipinski definition) is 1. The highest BCUT2D eigenvalue weighted by Crippen LogP contribution is 2.31. The number of benzene rings is 2. The number of rotatable bonds is 6. The highest BCUT2D eigenvalue weighted by molar-refractivity contribution is 5.95. The Balaban J connectivity index is 1.74. The summed E-state index contributed by atoms with van der Waals surface area (Å²) in [6.45, 7) is 1.09. The van der Waals surface area contributed by atoms with E-state index in [0.717, 1.165) is 21.5 Å². The molecule has 0 atom stereocenters. The maximum atomic E-state index is 13.4. The number of alkyl halides is 3. The van der Waals surface area contributed by atoms with Gasteiger partial charge >= 0.3 is 6.18 Å². The van der Waals surface area contributed by atoms with Crippen molar-refractivity contribution in [1.29, 1.82) is 0 Å². The van der Waals surface area contributed by atoms with Crippen molar-refractivity contribution in [2.45, 2.75) is 26.1 Å². The van der Waals surface area contributed by atoms with Crippen LogP contribution in [-0.4, -0.2) is 39.9 Å². The van der Waals surface area contributed by atoms with Crippen LogP contribution in [0.3, 0.4) is 0 Å². The number of anilines is 1. The molecule has 1 heterocycles. The summed E-state index contributed by atoms with van der Waals surface area (Å²) in [6.07, 6.45) is -3.99. The molecule has 1 aromatic heterocycles. The van der Waals surface area contributed by atoms with Gasteiger partial charge in [0.1, 0.15) is 6.54 Å². The lowest BCUT2D eigenvalue weighted by Gasteiger charge is -2.19. The molecule has 0 spiro atoms. The normalized spacial score (nSPS) is 11.5. The zero-order valence-corrected chi connectivity index (χ0v) is 16.5. The number of carbonyl (C=O) groups is 2. The molecule has 0 saturated heterocycles. The number of nitrogens with zero attached hydrogens (tertiary/aromatic N) is 3. The Morgan fingerprint density at radius 2 is 1.77 bits per heavy atom. The first-order valence-electron chi connectivity index (χ1n) is 9.35. The molecule has 30 heavy (non-hydrogen) atoms. The van der Waals surface area contributed by atoms with E-state index in [4.69, 9.17) is 0 Å². The average molecular weight is 418 g/mol. The highest BCUT2D eigenvalue weighted by Gasteiger charge is 2.38. The smallest absolute Gasteiger partial charge is 0.335 e. The number of fused-ring (bicyclic) bond motifs is 1. The van der Waals surface area contributed by atoms with Crippen LogP contribution < -0.4 is 5.32 Å². The lowest BCUT2D eigenvalue weighted by molar-refractivity contribution is -0.148. The van der Waals surface area contributed by atoms with Crippen LogP contribution >= 0.6 is 0 Å². The summed E-state index contributed by atoms with van der Waals surface area (Å²) >= 11 is 0. The van der Waals surface area contributed by atoms with Crippen LogP contribution in [-0.2, 0) is 28.7 Å². The third-order valence-electron chi connectivity index (χ3n) is 4.68. The van der Waals surface area contributed by atoms with Gasteiger partial charge in [0, 0.05) is 12.7 Å². The lowest BCUT2D eigenvalue weighted by atomic mass is 10.1. The van der Waals surface area contributed by atoms with Crippen LogP contribution in [0.2, 0.25) is 0 Å². The second-order valence-electron chi connectivity index (χ2n) is 6.82. The molecular formula is C21H21F3N4O2. The van der Waals surface area contributed by atoms with Crippen LogP contribution in [0.25, 0.3) is 11.0 Å². The predicted octanol–water partition coefficient (Wildman–Crippen LogP) is 3.71. The summed E-state index contributed by atoms with van der Waals surface area (Å²) < 4.78 is 41.0. The molecule has 2 aromatic carbocycles. The van der Waals surface area contributed by atoms with Crippen molar-refractivity contribution >= 4 is 28.5 Å². The van der Waals surface area contributed by atoms with Crippen molar-refractivity contribution in [3.63, 3.8) is 0 Å². The third-order valence-corrected chi connectivity index (χ3v) is 4.68. The minimum atomic E-state index is -4.71. The van der Waals surface area contributed by atoms with Crippen LogP contribution in [0.5, 0.6) is 0 Å². The number of imidazole rings is 1. The third kappa shape index (κ3) is 4.61. The molecule has 2 amide bonds. The van der Waals surface area contributed by atoms with Crippen molar-refractivity contribution in [2.75, 3.05) is 18.9 Å². The van der Waals surface area contributed by atoms with E-state index in [1.54, 1.807) is 24.3 Å². The van der Waals surface area contributed by atoms with Crippen molar-refractivity contribution < 1.29 is 22.8 Å². The first kappa shape index (κ1) is 21.4. The molecule has 0 unspecified atom stereocenters. The summed E-state index contributed by atoms with van der Waals surface area (Å²) in [4.78, 5) is 29.6. The molecule has 3 rings (SSSR count). The minimum absolute atomic E-state index is 0.147. The van der Waals surface area contributed by atoms with Gasteiger partial charge in [0.15, 0.2) is 0 Å². The van der Waals surface area contributed by atoms with Crippen molar-refractivity contribution in [3.05, 3.63) is 59.9 Å². The van der Waals surface area contributed by atoms with E-state index in [1.165, 1.54) is 19.2 Å². The largest absolute Gasteiger partial charge is 0.449 e. The maximum absolute atomic E-state index is 13.4. The van der Waals surface area contributed by atoms with Gasteiger partial charge in [-0.25, -0.2) is 4.98 Å². The van der Waals surface area contributed by atoms with Crippen molar-refractivity contribution in [1.82, 2.24) is 14.5 Å². The predicted molar refractivity (Wildman–Crippen MR) is 107 cm³/mol. The van der Waals surface area contributed by atoms with Gasteiger partial charge in [0.05, 0.1) is 17.6 Å². The maximum Gasteiger partial charge on any atom is 0.449 e. The molecule has 0 aliphatic carbocycles. The average Bonchev–Trinajstić information content (AvgIpc) is 3.07. The number of likely N-dealkylation sites (N-methyl/N-ethyl adjacent to an activating group) is 1. The molecule has 0 bridgehead atoms. The Kier molecular flexibility index (Phi) is 6.09. The van der Waals surface area contributed by atoms with Crippen LogP contribution in [0.4, 0.5) is 18.9 Å². The highest BCUT2D eigenvalue weighted by atomic mass is 19.4. The van der Waals surface area contributed by atoms with E-state index in [9.17, 15) is 22.8 Å². The summed E-state index contributed by atoms with van der Waals surface area (Å²) in [5, 5.41) is 2.74. The zero-order valence-electron chi connectivity index (χ0n) is 16.5. The number of hydrogen-bond acceptors (Lipinski definition) is 3. The van der Waals surface area contributed by atoms with E-state index in [2.05, 4.69) is 10.3 Å². The van der Waals surface area contributed by atoms with E-state index < -0.39 is 30.4 Å². The Hall–Kier alpha value is -3.36. The Labute approximate surface area is 171 Å². The molecule has 9 heteroatoms. The van der Waals surface area contributed by atoms with Crippen molar-refractivity contribution in [2.24, 2.45) is 0 Å². The van der Waals surface area contributed by atoms with Crippen molar-refractivity contribution in [3.8, 4) is 0 Å². The molecule has 0 aliphatic heterocycles. The first-order valence-corrected chi connectivity index (χ1v) is 9.35. The molecule has 6 nitrogen and oxygen atoms in total. The van der Waals surface area contributed by atoms with Gasteiger partial charge in [0.25, 0.3) is 0 Å². The van der Waals surface area contributed by atoms with E-state index in [-0.39, 0.29) is 17.6 Å². The Bertz CT molecular complexity index is 1080. The molecule has 3 aromatic rings. The second-order valence-corrected chi connectivity index (χ2v) is 6.82. The molecule has 0 aliphatic rings. The fraction of sp³-hybridized carbons (Fsp3) is 0.286. The topological polar surface area (TPSA) is 67.2 Å². The van der Waals surface area contributed by atoms with Crippen LogP contribution in [0.15, 0.2) is 48.5 Å². The van der Waals surface area contributed by atoms with Crippen LogP contribution in [0.1, 0.15) is 18.3 Å². The number of amides is 2. The molecule has 1 N–H and O–H groups in total. The number of nitrogens with one attached hydrogen (secondary N) is 1. The van der Waals surface area contributed by atoms with E-state index in [1.807, 2.05) is 19.1 Å². The molecule has 0 fully saturated rings. The molecule has 0 radical (unpaired) electrons. The lowest BCUT2D eigenvalue weighted by Crippen LogP contribution is -2.37. The fourth-order valence-corrected chi connectivity index (χ4v) is 3.15. The summed E-state index contributed by atoms with van der Waals surface area (Å²) in [5.41, 5.74) is 1.94. The number of aryl methyl sites for hydroxylation is 1. The van der Waals surface area contributed by atoms with Gasteiger partial charge in [-0.3, -0.25) is 9.59 Å². The van der Waals surface area contributed by atoms with Gasteiger partial charge in [-0.2, -0.15) is 13.2 Å². The van der Waals surface area contributed by atoms with Gasteiger partial charge in [-0.15, -0.1) is 0 Å². The molecule has 158 valence electrons. The van der Waals surface area contributed by atoms with Crippen LogP contribution in [0, 0.1) is 0 Å².